The smallest absolute Gasteiger partial charge is 0.0477 e. The fraction of sp³-hybridized carbons (Fsp3) is 0.600. The van der Waals surface area contributed by atoms with Gasteiger partial charge in [-0.3, -0.25) is 4.90 Å². The van der Waals surface area contributed by atoms with Gasteiger partial charge in [-0.2, -0.15) is 0 Å². The lowest BCUT2D eigenvalue weighted by atomic mass is 9.63. The Hall–Kier alpha value is -0.860. The maximum absolute atomic E-state index is 9.52. The zero-order chi connectivity index (χ0) is 11.7. The molecule has 1 atom stereocenters. The van der Waals surface area contributed by atoms with Crippen molar-refractivity contribution in [2.75, 3.05) is 19.7 Å². The summed E-state index contributed by atoms with van der Waals surface area (Å²) in [6, 6.07) is 10.7. The van der Waals surface area contributed by atoms with Crippen molar-refractivity contribution in [3.05, 3.63) is 35.9 Å². The van der Waals surface area contributed by atoms with Crippen LogP contribution in [0.3, 0.4) is 0 Å². The van der Waals surface area contributed by atoms with Gasteiger partial charge in [-0.25, -0.2) is 0 Å². The van der Waals surface area contributed by atoms with Crippen LogP contribution in [0.1, 0.15) is 24.8 Å². The summed E-state index contributed by atoms with van der Waals surface area (Å²) in [6.45, 7) is 3.67. The first-order valence-corrected chi connectivity index (χ1v) is 6.69. The molecule has 0 bridgehead atoms. The molecule has 2 fully saturated rings. The van der Waals surface area contributed by atoms with Crippen molar-refractivity contribution in [3.63, 3.8) is 0 Å². The van der Waals surface area contributed by atoms with Gasteiger partial charge in [0.25, 0.3) is 0 Å². The van der Waals surface area contributed by atoms with Gasteiger partial charge in [-0.05, 0) is 23.8 Å². The number of aliphatic hydroxyl groups is 1. The molecule has 0 radical (unpaired) electrons. The Kier molecular flexibility index (Phi) is 2.93. The molecule has 1 N–H and O–H groups in total. The molecule has 1 aromatic rings. The first-order chi connectivity index (χ1) is 8.32. The lowest BCUT2D eigenvalue weighted by Gasteiger charge is -2.42. The predicted molar refractivity (Wildman–Crippen MR) is 68.6 cm³/mol. The average Bonchev–Trinajstić information content (AvgIpc) is 2.69. The first-order valence-electron chi connectivity index (χ1n) is 6.69. The number of benzene rings is 1. The van der Waals surface area contributed by atoms with Gasteiger partial charge in [-0.1, -0.05) is 36.8 Å². The van der Waals surface area contributed by atoms with Gasteiger partial charge in [0.15, 0.2) is 0 Å². The Morgan fingerprint density at radius 3 is 2.53 bits per heavy atom. The van der Waals surface area contributed by atoms with Gasteiger partial charge < -0.3 is 5.11 Å². The van der Waals surface area contributed by atoms with Crippen LogP contribution in [0.4, 0.5) is 0 Å². The van der Waals surface area contributed by atoms with Crippen LogP contribution >= 0.6 is 0 Å². The SMILES string of the molecule is OCC1CN(Cc2ccccc2)CC12CCC2. The standard InChI is InChI=1S/C15H21NO/c17-11-14-10-16(12-15(14)7-4-8-15)9-13-5-2-1-3-6-13/h1-3,5-6,14,17H,4,7-12H2. The molecule has 3 rings (SSSR count). The molecule has 2 nitrogen and oxygen atoms in total. The zero-order valence-electron chi connectivity index (χ0n) is 10.3. The summed E-state index contributed by atoms with van der Waals surface area (Å²) in [5.74, 6) is 0.514. The summed E-state index contributed by atoms with van der Waals surface area (Å²) in [4.78, 5) is 2.52. The highest BCUT2D eigenvalue weighted by Crippen LogP contribution is 2.51. The summed E-state index contributed by atoms with van der Waals surface area (Å²) in [6.07, 6.45) is 4.00. The number of likely N-dealkylation sites (tertiary alicyclic amines) is 1. The molecule has 2 heteroatoms. The molecule has 1 aromatic carbocycles. The van der Waals surface area contributed by atoms with Gasteiger partial charge in [0, 0.05) is 32.2 Å². The second-order valence-electron chi connectivity index (χ2n) is 5.75. The Morgan fingerprint density at radius 2 is 2.00 bits per heavy atom. The van der Waals surface area contributed by atoms with Crippen LogP contribution < -0.4 is 0 Å². The third-order valence-corrected chi connectivity index (χ3v) is 4.70. The molecule has 92 valence electrons. The molecule has 1 aliphatic heterocycles. The number of nitrogens with zero attached hydrogens (tertiary/aromatic N) is 1. The van der Waals surface area contributed by atoms with Crippen LogP contribution in [0.15, 0.2) is 30.3 Å². The van der Waals surface area contributed by atoms with Crippen LogP contribution in [-0.4, -0.2) is 29.7 Å². The normalized spacial score (nSPS) is 27.2. The molecule has 1 saturated heterocycles. The van der Waals surface area contributed by atoms with Crippen LogP contribution in [0.2, 0.25) is 0 Å². The Bertz CT molecular complexity index is 372. The number of rotatable bonds is 3. The van der Waals surface area contributed by atoms with Crippen molar-refractivity contribution >= 4 is 0 Å². The van der Waals surface area contributed by atoms with Crippen molar-refractivity contribution < 1.29 is 5.11 Å². The van der Waals surface area contributed by atoms with Crippen molar-refractivity contribution in [3.8, 4) is 0 Å². The van der Waals surface area contributed by atoms with Crippen molar-refractivity contribution in [2.45, 2.75) is 25.8 Å². The monoisotopic (exact) mass is 231 g/mol. The van der Waals surface area contributed by atoms with Crippen molar-refractivity contribution in [1.82, 2.24) is 4.90 Å². The fourth-order valence-electron chi connectivity index (χ4n) is 3.56. The highest BCUT2D eigenvalue weighted by Gasteiger charge is 2.49. The van der Waals surface area contributed by atoms with E-state index in [1.54, 1.807) is 0 Å². The van der Waals surface area contributed by atoms with Gasteiger partial charge in [0.1, 0.15) is 0 Å². The molecular weight excluding hydrogens is 210 g/mol. The molecule has 1 heterocycles. The predicted octanol–water partition coefficient (Wildman–Crippen LogP) is 2.28. The average molecular weight is 231 g/mol. The van der Waals surface area contributed by atoms with Gasteiger partial charge in [0.05, 0.1) is 0 Å². The zero-order valence-corrected chi connectivity index (χ0v) is 10.3. The molecule has 1 unspecified atom stereocenters. The summed E-state index contributed by atoms with van der Waals surface area (Å²) in [5.41, 5.74) is 1.85. The topological polar surface area (TPSA) is 23.5 Å². The summed E-state index contributed by atoms with van der Waals surface area (Å²) >= 11 is 0. The first kappa shape index (κ1) is 11.2. The van der Waals surface area contributed by atoms with E-state index >= 15 is 0 Å². The van der Waals surface area contributed by atoms with Crippen LogP contribution in [0.25, 0.3) is 0 Å². The number of aliphatic hydroxyl groups excluding tert-OH is 1. The molecule has 0 amide bonds. The Morgan fingerprint density at radius 1 is 1.24 bits per heavy atom. The molecular formula is C15H21NO. The highest BCUT2D eigenvalue weighted by molar-refractivity contribution is 5.15. The van der Waals surface area contributed by atoms with E-state index in [0.29, 0.717) is 17.9 Å². The minimum Gasteiger partial charge on any atom is -0.396 e. The molecule has 1 aliphatic carbocycles. The van der Waals surface area contributed by atoms with Crippen LogP contribution in [0, 0.1) is 11.3 Å². The quantitative estimate of drug-likeness (QED) is 0.862. The van der Waals surface area contributed by atoms with E-state index in [1.165, 1.54) is 31.4 Å². The molecule has 0 aromatic heterocycles. The van der Waals surface area contributed by atoms with Crippen molar-refractivity contribution in [1.29, 1.82) is 0 Å². The lowest BCUT2D eigenvalue weighted by molar-refractivity contribution is 0.0540. The number of hydrogen-bond donors (Lipinski definition) is 1. The van der Waals surface area contributed by atoms with E-state index in [-0.39, 0.29) is 0 Å². The maximum atomic E-state index is 9.52. The summed E-state index contributed by atoms with van der Waals surface area (Å²) in [5, 5.41) is 9.52. The van der Waals surface area contributed by atoms with E-state index in [1.807, 2.05) is 0 Å². The summed E-state index contributed by atoms with van der Waals surface area (Å²) < 4.78 is 0. The van der Waals surface area contributed by atoms with Crippen LogP contribution in [0.5, 0.6) is 0 Å². The third-order valence-electron chi connectivity index (χ3n) is 4.70. The fourth-order valence-corrected chi connectivity index (χ4v) is 3.56. The second-order valence-corrected chi connectivity index (χ2v) is 5.75. The largest absolute Gasteiger partial charge is 0.396 e. The molecule has 1 saturated carbocycles. The van der Waals surface area contributed by atoms with Gasteiger partial charge in [0.2, 0.25) is 0 Å². The number of hydrogen-bond acceptors (Lipinski definition) is 2. The molecule has 2 aliphatic rings. The van der Waals surface area contributed by atoms with E-state index < -0.39 is 0 Å². The van der Waals surface area contributed by atoms with Gasteiger partial charge >= 0.3 is 0 Å². The van der Waals surface area contributed by atoms with Gasteiger partial charge in [-0.15, -0.1) is 0 Å². The van der Waals surface area contributed by atoms with E-state index in [4.69, 9.17) is 0 Å². The summed E-state index contributed by atoms with van der Waals surface area (Å²) in [7, 11) is 0. The Labute approximate surface area is 103 Å². The van der Waals surface area contributed by atoms with Crippen LogP contribution in [-0.2, 0) is 6.54 Å². The van der Waals surface area contributed by atoms with E-state index in [9.17, 15) is 5.11 Å². The third kappa shape index (κ3) is 2.00. The second kappa shape index (κ2) is 4.43. The van der Waals surface area contributed by atoms with Crippen molar-refractivity contribution in [2.24, 2.45) is 11.3 Å². The Balaban J connectivity index is 1.67. The minimum absolute atomic E-state index is 0.366. The maximum Gasteiger partial charge on any atom is 0.0477 e. The lowest BCUT2D eigenvalue weighted by Crippen LogP contribution is -2.38. The minimum atomic E-state index is 0.366. The molecule has 17 heavy (non-hydrogen) atoms. The molecule has 1 spiro atoms. The highest BCUT2D eigenvalue weighted by atomic mass is 16.3. The van der Waals surface area contributed by atoms with E-state index in [2.05, 4.69) is 35.2 Å². The van der Waals surface area contributed by atoms with E-state index in [0.717, 1.165) is 13.1 Å².